The first-order valence-electron chi connectivity index (χ1n) is 7.56. The van der Waals surface area contributed by atoms with E-state index in [1.807, 2.05) is 18.2 Å². The van der Waals surface area contributed by atoms with Crippen molar-refractivity contribution in [2.45, 2.75) is 19.5 Å². The fraction of sp³-hybridized carbons (Fsp3) is 0.312. The number of hydrogen-bond acceptors (Lipinski definition) is 4. The van der Waals surface area contributed by atoms with E-state index in [2.05, 4.69) is 27.4 Å². The predicted octanol–water partition coefficient (Wildman–Crippen LogP) is 0.603. The number of fused-ring (bicyclic) bond motifs is 1. The van der Waals surface area contributed by atoms with Gasteiger partial charge >= 0.3 is 5.69 Å². The lowest BCUT2D eigenvalue weighted by Crippen LogP contribution is -2.39. The number of H-pyrrole nitrogens is 1. The maximum Gasteiger partial charge on any atom is 0.332 e. The van der Waals surface area contributed by atoms with Crippen molar-refractivity contribution in [2.24, 2.45) is 7.05 Å². The molecule has 0 atom stereocenters. The lowest BCUT2D eigenvalue weighted by Gasteiger charge is -2.08. The number of aromatic amines is 1. The number of nitrogens with zero attached hydrogens (tertiary/aromatic N) is 3. The molecule has 7 nitrogen and oxygen atoms in total. The van der Waals surface area contributed by atoms with Gasteiger partial charge in [0.25, 0.3) is 5.56 Å². The second-order valence-corrected chi connectivity index (χ2v) is 5.42. The van der Waals surface area contributed by atoms with Crippen LogP contribution in [0.2, 0.25) is 0 Å². The average Bonchev–Trinajstić information content (AvgIpc) is 3.06. The molecule has 2 aromatic heterocycles. The van der Waals surface area contributed by atoms with Crippen molar-refractivity contribution >= 4 is 11.2 Å². The molecule has 2 heterocycles. The quantitative estimate of drug-likeness (QED) is 0.653. The van der Waals surface area contributed by atoms with E-state index >= 15 is 0 Å². The molecule has 0 bridgehead atoms. The maximum absolute atomic E-state index is 12.3. The van der Waals surface area contributed by atoms with Crippen molar-refractivity contribution in [3.63, 3.8) is 0 Å². The normalized spacial score (nSPS) is 11.2. The molecule has 0 amide bonds. The smallest absolute Gasteiger partial charge is 0.332 e. The van der Waals surface area contributed by atoms with E-state index in [0.717, 1.165) is 13.1 Å². The van der Waals surface area contributed by atoms with E-state index in [1.165, 1.54) is 21.0 Å². The first-order valence-corrected chi connectivity index (χ1v) is 7.56. The first-order chi connectivity index (χ1) is 11.2. The molecule has 0 radical (unpaired) electrons. The van der Waals surface area contributed by atoms with Crippen LogP contribution in [0.4, 0.5) is 0 Å². The summed E-state index contributed by atoms with van der Waals surface area (Å²) in [6.45, 7) is 1.88. The molecule has 1 aromatic carbocycles. The van der Waals surface area contributed by atoms with Gasteiger partial charge in [0.2, 0.25) is 0 Å². The third kappa shape index (κ3) is 3.09. The van der Waals surface area contributed by atoms with E-state index in [9.17, 15) is 9.59 Å². The highest BCUT2D eigenvalue weighted by Gasteiger charge is 2.12. The molecule has 0 fully saturated rings. The van der Waals surface area contributed by atoms with E-state index in [1.54, 1.807) is 7.05 Å². The molecule has 3 rings (SSSR count). The van der Waals surface area contributed by atoms with Crippen molar-refractivity contribution in [3.05, 3.63) is 63.1 Å². The molecule has 0 aliphatic rings. The molecule has 0 saturated carbocycles. The SMILES string of the molecule is Cn1c(=O)n(CCCNCc2ccccc2)c(=O)c2[nH]cnc21. The topological polar surface area (TPSA) is 84.7 Å². The molecule has 7 heteroatoms. The fourth-order valence-electron chi connectivity index (χ4n) is 2.58. The number of benzene rings is 1. The second kappa shape index (κ2) is 6.62. The monoisotopic (exact) mass is 313 g/mol. The predicted molar refractivity (Wildman–Crippen MR) is 88.4 cm³/mol. The molecule has 0 aliphatic carbocycles. The molecule has 0 unspecified atom stereocenters. The Bertz CT molecular complexity index is 908. The van der Waals surface area contributed by atoms with Crippen molar-refractivity contribution in [1.29, 1.82) is 0 Å². The Morgan fingerprint density at radius 2 is 2.00 bits per heavy atom. The van der Waals surface area contributed by atoms with Gasteiger partial charge in [-0.1, -0.05) is 30.3 Å². The molecule has 2 N–H and O–H groups in total. The van der Waals surface area contributed by atoms with E-state index < -0.39 is 0 Å². The molecule has 0 aliphatic heterocycles. The number of imidazole rings is 1. The van der Waals surface area contributed by atoms with Gasteiger partial charge in [0.15, 0.2) is 5.65 Å². The summed E-state index contributed by atoms with van der Waals surface area (Å²) in [5.74, 6) is 0. The van der Waals surface area contributed by atoms with Crippen LogP contribution in [-0.2, 0) is 20.1 Å². The Labute approximate surface area is 132 Å². The van der Waals surface area contributed by atoms with Gasteiger partial charge in [0.05, 0.1) is 6.33 Å². The summed E-state index contributed by atoms with van der Waals surface area (Å²) >= 11 is 0. The van der Waals surface area contributed by atoms with E-state index in [4.69, 9.17) is 0 Å². The van der Waals surface area contributed by atoms with Crippen LogP contribution in [0, 0.1) is 0 Å². The molecule has 0 spiro atoms. The van der Waals surface area contributed by atoms with Gasteiger partial charge in [-0.2, -0.15) is 0 Å². The summed E-state index contributed by atoms with van der Waals surface area (Å²) in [5, 5.41) is 3.31. The van der Waals surface area contributed by atoms with Crippen molar-refractivity contribution in [1.82, 2.24) is 24.4 Å². The van der Waals surface area contributed by atoms with E-state index in [-0.39, 0.29) is 11.2 Å². The van der Waals surface area contributed by atoms with Crippen LogP contribution < -0.4 is 16.6 Å². The highest BCUT2D eigenvalue weighted by molar-refractivity contribution is 5.68. The number of rotatable bonds is 6. The van der Waals surface area contributed by atoms with Crippen molar-refractivity contribution in [3.8, 4) is 0 Å². The summed E-state index contributed by atoms with van der Waals surface area (Å²) in [6.07, 6.45) is 2.12. The standard InChI is InChI=1S/C16H19N5O2/c1-20-14-13(18-11-19-14)15(22)21(16(20)23)9-5-8-17-10-12-6-3-2-4-7-12/h2-4,6-7,11,17H,5,8-10H2,1H3,(H,18,19). The molecular weight excluding hydrogens is 294 g/mol. The average molecular weight is 313 g/mol. The Morgan fingerprint density at radius 3 is 2.78 bits per heavy atom. The minimum absolute atomic E-state index is 0.316. The van der Waals surface area contributed by atoms with Gasteiger partial charge in [-0.3, -0.25) is 13.9 Å². The van der Waals surface area contributed by atoms with Gasteiger partial charge < -0.3 is 10.3 Å². The Hall–Kier alpha value is -2.67. The zero-order valence-electron chi connectivity index (χ0n) is 13.0. The Kier molecular flexibility index (Phi) is 4.38. The highest BCUT2D eigenvalue weighted by atomic mass is 16.2. The van der Waals surface area contributed by atoms with Crippen molar-refractivity contribution in [2.75, 3.05) is 6.54 Å². The summed E-state index contributed by atoms with van der Waals surface area (Å²) in [5.41, 5.74) is 1.31. The van der Waals surface area contributed by atoms with Crippen LogP contribution in [0.3, 0.4) is 0 Å². The third-order valence-electron chi connectivity index (χ3n) is 3.82. The molecular formula is C16H19N5O2. The zero-order chi connectivity index (χ0) is 16.2. The van der Waals surface area contributed by atoms with Crippen LogP contribution in [0.15, 0.2) is 46.2 Å². The number of aryl methyl sites for hydroxylation is 1. The van der Waals surface area contributed by atoms with Gasteiger partial charge in [-0.15, -0.1) is 0 Å². The van der Waals surface area contributed by atoms with Crippen LogP contribution in [-0.4, -0.2) is 25.6 Å². The first kappa shape index (κ1) is 15.2. The van der Waals surface area contributed by atoms with Gasteiger partial charge in [-0.25, -0.2) is 9.78 Å². The number of aromatic nitrogens is 4. The van der Waals surface area contributed by atoms with Gasteiger partial charge in [-0.05, 0) is 18.5 Å². The van der Waals surface area contributed by atoms with Crippen molar-refractivity contribution < 1.29 is 0 Å². The number of nitrogens with one attached hydrogen (secondary N) is 2. The van der Waals surface area contributed by atoms with E-state index in [0.29, 0.717) is 24.1 Å². The van der Waals surface area contributed by atoms with Crippen LogP contribution in [0.25, 0.3) is 11.2 Å². The van der Waals surface area contributed by atoms with Crippen LogP contribution >= 0.6 is 0 Å². The fourth-order valence-corrected chi connectivity index (χ4v) is 2.58. The lowest BCUT2D eigenvalue weighted by molar-refractivity contribution is 0.541. The zero-order valence-corrected chi connectivity index (χ0v) is 13.0. The minimum Gasteiger partial charge on any atom is -0.339 e. The highest BCUT2D eigenvalue weighted by Crippen LogP contribution is 1.99. The maximum atomic E-state index is 12.3. The summed E-state index contributed by atoms with van der Waals surface area (Å²) < 4.78 is 2.65. The largest absolute Gasteiger partial charge is 0.339 e. The molecule has 23 heavy (non-hydrogen) atoms. The van der Waals surface area contributed by atoms with Gasteiger partial charge in [0.1, 0.15) is 5.52 Å². The summed E-state index contributed by atoms with van der Waals surface area (Å²) in [7, 11) is 1.62. The Balaban J connectivity index is 1.64. The molecule has 0 saturated heterocycles. The minimum atomic E-state index is -0.336. The van der Waals surface area contributed by atoms with Crippen LogP contribution in [0.5, 0.6) is 0 Å². The third-order valence-corrected chi connectivity index (χ3v) is 3.82. The molecule has 3 aromatic rings. The second-order valence-electron chi connectivity index (χ2n) is 5.42. The molecule has 120 valence electrons. The summed E-state index contributed by atoms with van der Waals surface area (Å²) in [4.78, 5) is 31.3. The Morgan fingerprint density at radius 1 is 1.22 bits per heavy atom. The summed E-state index contributed by atoms with van der Waals surface area (Å²) in [6, 6.07) is 10.1. The number of hydrogen-bond donors (Lipinski definition) is 2. The van der Waals surface area contributed by atoms with Crippen LogP contribution in [0.1, 0.15) is 12.0 Å². The van der Waals surface area contributed by atoms with Gasteiger partial charge in [0, 0.05) is 20.1 Å². The lowest BCUT2D eigenvalue weighted by atomic mass is 10.2.